The Hall–Kier alpha value is -1.44. The first-order valence-electron chi connectivity index (χ1n) is 6.61. The molecule has 0 aliphatic carbocycles. The maximum Gasteiger partial charge on any atom is 0.238 e. The molecule has 2 unspecified atom stereocenters. The molecule has 0 aliphatic heterocycles. The summed E-state index contributed by atoms with van der Waals surface area (Å²) in [6, 6.07) is 5.17. The molecular formula is C14H23N3O3S. The van der Waals surface area contributed by atoms with Gasteiger partial charge in [-0.2, -0.15) is 0 Å². The molecule has 7 heteroatoms. The van der Waals surface area contributed by atoms with Crippen LogP contribution in [0.3, 0.4) is 0 Å². The fourth-order valence-electron chi connectivity index (χ4n) is 1.73. The Kier molecular flexibility index (Phi) is 5.14. The maximum absolute atomic E-state index is 12.0. The van der Waals surface area contributed by atoms with Gasteiger partial charge in [-0.05, 0) is 30.0 Å². The molecule has 2 atom stereocenters. The molecule has 0 spiro atoms. The van der Waals surface area contributed by atoms with Gasteiger partial charge in [0.1, 0.15) is 0 Å². The van der Waals surface area contributed by atoms with Crippen molar-refractivity contribution in [2.24, 2.45) is 16.3 Å². The fraction of sp³-hybridized carbons (Fsp3) is 0.500. The molecule has 0 heterocycles. The van der Waals surface area contributed by atoms with E-state index in [4.69, 9.17) is 10.9 Å². The summed E-state index contributed by atoms with van der Waals surface area (Å²) < 4.78 is 22.4. The molecule has 1 aromatic rings. The van der Waals surface area contributed by atoms with E-state index in [0.29, 0.717) is 0 Å². The highest BCUT2D eigenvalue weighted by Crippen LogP contribution is 2.20. The van der Waals surface area contributed by atoms with Crippen molar-refractivity contribution in [1.29, 1.82) is 0 Å². The summed E-state index contributed by atoms with van der Waals surface area (Å²) in [5, 5.41) is 7.85. The third-order valence-electron chi connectivity index (χ3n) is 3.28. The van der Waals surface area contributed by atoms with Crippen LogP contribution in [-0.4, -0.2) is 20.4 Å². The van der Waals surface area contributed by atoms with E-state index in [2.05, 4.69) is 5.32 Å². The Balaban J connectivity index is 2.81. The summed E-state index contributed by atoms with van der Waals surface area (Å²) in [5.41, 5.74) is 6.34. The summed E-state index contributed by atoms with van der Waals surface area (Å²) in [5.74, 6) is -0.245. The number of primary sulfonamides is 1. The fourth-order valence-corrected chi connectivity index (χ4v) is 2.24. The van der Waals surface area contributed by atoms with E-state index >= 15 is 0 Å². The van der Waals surface area contributed by atoms with Crippen LogP contribution in [0.2, 0.25) is 0 Å². The molecule has 0 saturated carbocycles. The van der Waals surface area contributed by atoms with E-state index in [9.17, 15) is 13.2 Å². The number of benzene rings is 1. The average molecular weight is 313 g/mol. The van der Waals surface area contributed by atoms with Crippen molar-refractivity contribution in [3.63, 3.8) is 0 Å². The maximum atomic E-state index is 12.0. The van der Waals surface area contributed by atoms with E-state index < -0.39 is 16.1 Å². The zero-order valence-corrected chi connectivity index (χ0v) is 13.6. The first-order chi connectivity index (χ1) is 9.43. The van der Waals surface area contributed by atoms with Gasteiger partial charge in [0.2, 0.25) is 15.9 Å². The van der Waals surface area contributed by atoms with Crippen molar-refractivity contribution >= 4 is 15.9 Å². The van der Waals surface area contributed by atoms with Gasteiger partial charge in [-0.25, -0.2) is 13.6 Å². The lowest BCUT2D eigenvalue weighted by Crippen LogP contribution is -2.49. The lowest BCUT2D eigenvalue weighted by Gasteiger charge is -2.27. The van der Waals surface area contributed by atoms with Gasteiger partial charge in [-0.1, -0.05) is 32.9 Å². The molecule has 0 aromatic heterocycles. The molecule has 118 valence electrons. The predicted molar refractivity (Wildman–Crippen MR) is 81.8 cm³/mol. The van der Waals surface area contributed by atoms with E-state index in [1.807, 2.05) is 20.8 Å². The number of amides is 1. The molecule has 6 nitrogen and oxygen atoms in total. The number of sulfonamides is 1. The molecule has 21 heavy (non-hydrogen) atoms. The lowest BCUT2D eigenvalue weighted by molar-refractivity contribution is -0.125. The summed E-state index contributed by atoms with van der Waals surface area (Å²) in [4.78, 5) is 12.1. The van der Waals surface area contributed by atoms with Gasteiger partial charge in [0.05, 0.1) is 17.0 Å². The number of nitrogens with one attached hydrogen (secondary N) is 1. The molecule has 1 aromatic carbocycles. The largest absolute Gasteiger partial charge is 0.348 e. The zero-order chi connectivity index (χ0) is 16.4. The molecule has 0 saturated heterocycles. The van der Waals surface area contributed by atoms with Crippen molar-refractivity contribution < 1.29 is 13.2 Å². The smallest absolute Gasteiger partial charge is 0.238 e. The van der Waals surface area contributed by atoms with Crippen molar-refractivity contribution in [2.75, 3.05) is 0 Å². The van der Waals surface area contributed by atoms with Gasteiger partial charge < -0.3 is 11.1 Å². The van der Waals surface area contributed by atoms with Gasteiger partial charge in [0, 0.05) is 0 Å². The summed E-state index contributed by atoms with van der Waals surface area (Å²) in [6.07, 6.45) is 0. The molecule has 0 fully saturated rings. The number of carbonyl (C=O) groups is 1. The van der Waals surface area contributed by atoms with E-state index in [1.54, 1.807) is 19.1 Å². The second-order valence-corrected chi connectivity index (χ2v) is 7.75. The summed E-state index contributed by atoms with van der Waals surface area (Å²) >= 11 is 0. The number of carbonyl (C=O) groups excluding carboxylic acids is 1. The minimum absolute atomic E-state index is 0.0381. The molecular weight excluding hydrogens is 290 g/mol. The van der Waals surface area contributed by atoms with Crippen LogP contribution >= 0.6 is 0 Å². The highest BCUT2D eigenvalue weighted by Gasteiger charge is 2.28. The topological polar surface area (TPSA) is 115 Å². The van der Waals surface area contributed by atoms with Crippen molar-refractivity contribution in [3.8, 4) is 0 Å². The van der Waals surface area contributed by atoms with Crippen LogP contribution < -0.4 is 16.2 Å². The highest BCUT2D eigenvalue weighted by atomic mass is 32.2. The normalized spacial score (nSPS) is 15.3. The minimum Gasteiger partial charge on any atom is -0.348 e. The lowest BCUT2D eigenvalue weighted by atomic mass is 9.86. The number of hydrogen-bond acceptors (Lipinski definition) is 4. The van der Waals surface area contributed by atoms with Crippen molar-refractivity contribution in [1.82, 2.24) is 5.32 Å². The third kappa shape index (κ3) is 4.80. The third-order valence-corrected chi connectivity index (χ3v) is 4.21. The van der Waals surface area contributed by atoms with Crippen LogP contribution in [0.15, 0.2) is 29.2 Å². The first-order valence-corrected chi connectivity index (χ1v) is 8.16. The molecule has 0 bridgehead atoms. The first kappa shape index (κ1) is 17.6. The Morgan fingerprint density at radius 2 is 1.67 bits per heavy atom. The van der Waals surface area contributed by atoms with Gasteiger partial charge in [-0.3, -0.25) is 4.79 Å². The van der Waals surface area contributed by atoms with E-state index in [-0.39, 0.29) is 22.3 Å². The molecule has 0 radical (unpaired) electrons. The van der Waals surface area contributed by atoms with E-state index in [1.165, 1.54) is 12.1 Å². The van der Waals surface area contributed by atoms with Crippen LogP contribution in [-0.2, 0) is 14.8 Å². The second-order valence-electron chi connectivity index (χ2n) is 6.19. The Morgan fingerprint density at radius 3 is 2.05 bits per heavy atom. The molecule has 0 aliphatic rings. The second kappa shape index (κ2) is 6.13. The minimum atomic E-state index is -3.71. The van der Waals surface area contributed by atoms with E-state index in [0.717, 1.165) is 5.56 Å². The van der Waals surface area contributed by atoms with Gasteiger partial charge in [0.25, 0.3) is 0 Å². The molecule has 1 rings (SSSR count). The van der Waals surface area contributed by atoms with Gasteiger partial charge >= 0.3 is 0 Å². The van der Waals surface area contributed by atoms with Crippen LogP contribution in [0.4, 0.5) is 0 Å². The Morgan fingerprint density at radius 1 is 1.19 bits per heavy atom. The summed E-state index contributed by atoms with van der Waals surface area (Å²) in [7, 11) is -3.71. The van der Waals surface area contributed by atoms with Crippen LogP contribution in [0.5, 0.6) is 0 Å². The van der Waals surface area contributed by atoms with Gasteiger partial charge in [0.15, 0.2) is 0 Å². The molecule has 5 N–H and O–H groups in total. The highest BCUT2D eigenvalue weighted by molar-refractivity contribution is 7.89. The predicted octanol–water partition coefficient (Wildman–Crippen LogP) is 0.885. The van der Waals surface area contributed by atoms with Crippen LogP contribution in [0.25, 0.3) is 0 Å². The van der Waals surface area contributed by atoms with Crippen molar-refractivity contribution in [2.45, 2.75) is 44.7 Å². The SMILES string of the molecule is CC(NC(=O)C(N)C(C)(C)C)c1ccc(S(N)(=O)=O)cc1. The Bertz CT molecular complexity index is 603. The summed E-state index contributed by atoms with van der Waals surface area (Å²) in [6.45, 7) is 7.48. The Labute approximate surface area is 126 Å². The zero-order valence-electron chi connectivity index (χ0n) is 12.8. The quantitative estimate of drug-likeness (QED) is 0.765. The number of hydrogen-bond donors (Lipinski definition) is 3. The molecule has 1 amide bonds. The van der Waals surface area contributed by atoms with Gasteiger partial charge in [-0.15, -0.1) is 0 Å². The van der Waals surface area contributed by atoms with Crippen LogP contribution in [0, 0.1) is 5.41 Å². The standard InChI is InChI=1S/C14H23N3O3S/c1-9(17-13(18)12(15)14(2,3)4)10-5-7-11(8-6-10)21(16,19)20/h5-9,12H,15H2,1-4H3,(H,17,18)(H2,16,19,20). The number of nitrogens with two attached hydrogens (primary N) is 2. The van der Waals surface area contributed by atoms with Crippen molar-refractivity contribution in [3.05, 3.63) is 29.8 Å². The average Bonchev–Trinajstić information content (AvgIpc) is 2.35. The monoisotopic (exact) mass is 313 g/mol. The van der Waals surface area contributed by atoms with Crippen LogP contribution in [0.1, 0.15) is 39.3 Å². The number of rotatable bonds is 4.